The van der Waals surface area contributed by atoms with Crippen LogP contribution < -0.4 is 4.74 Å². The first-order valence-corrected chi connectivity index (χ1v) is 6.14. The second-order valence-corrected chi connectivity index (χ2v) is 5.35. The van der Waals surface area contributed by atoms with Gasteiger partial charge in [0.25, 0.3) is 0 Å². The molecule has 3 nitrogen and oxygen atoms in total. The van der Waals surface area contributed by atoms with Crippen molar-refractivity contribution in [3.63, 3.8) is 0 Å². The summed E-state index contributed by atoms with van der Waals surface area (Å²) in [6.07, 6.45) is 1.51. The lowest BCUT2D eigenvalue weighted by Crippen LogP contribution is -2.12. The molecule has 0 saturated carbocycles. The monoisotopic (exact) mass is 252 g/mol. The minimum absolute atomic E-state index is 0.00316. The Morgan fingerprint density at radius 3 is 2.42 bits per heavy atom. The molecule has 0 radical (unpaired) electrons. The SMILES string of the molecule is CC(C)(C)c1ccccc1Oc1ccc(C#N)cn1. The molecule has 2 aromatic rings. The Bertz CT molecular complexity index is 604. The van der Waals surface area contributed by atoms with Gasteiger partial charge in [-0.1, -0.05) is 39.0 Å². The maximum atomic E-state index is 8.74. The average Bonchev–Trinajstić information content (AvgIpc) is 2.39. The van der Waals surface area contributed by atoms with E-state index in [1.54, 1.807) is 12.1 Å². The maximum absolute atomic E-state index is 8.74. The van der Waals surface area contributed by atoms with Crippen molar-refractivity contribution in [2.75, 3.05) is 0 Å². The van der Waals surface area contributed by atoms with Gasteiger partial charge in [-0.25, -0.2) is 4.98 Å². The lowest BCUT2D eigenvalue weighted by molar-refractivity contribution is 0.440. The number of benzene rings is 1. The first-order valence-electron chi connectivity index (χ1n) is 6.14. The third-order valence-corrected chi connectivity index (χ3v) is 2.78. The van der Waals surface area contributed by atoms with Gasteiger partial charge in [-0.2, -0.15) is 5.26 Å². The van der Waals surface area contributed by atoms with E-state index in [-0.39, 0.29) is 5.41 Å². The van der Waals surface area contributed by atoms with Crippen molar-refractivity contribution >= 4 is 0 Å². The van der Waals surface area contributed by atoms with E-state index in [4.69, 9.17) is 10.00 Å². The molecule has 0 N–H and O–H groups in total. The standard InChI is InChI=1S/C16H16N2O/c1-16(2,3)13-6-4-5-7-14(13)19-15-9-8-12(10-17)11-18-15/h4-9,11H,1-3H3. The molecule has 1 aromatic carbocycles. The van der Waals surface area contributed by atoms with Gasteiger partial charge in [0.05, 0.1) is 5.56 Å². The van der Waals surface area contributed by atoms with Gasteiger partial charge in [0.15, 0.2) is 0 Å². The predicted molar refractivity (Wildman–Crippen MR) is 74.2 cm³/mol. The van der Waals surface area contributed by atoms with Gasteiger partial charge in [-0.15, -0.1) is 0 Å². The van der Waals surface area contributed by atoms with Crippen LogP contribution >= 0.6 is 0 Å². The Labute approximate surface area is 113 Å². The van der Waals surface area contributed by atoms with Gasteiger partial charge in [0.1, 0.15) is 11.8 Å². The van der Waals surface area contributed by atoms with E-state index in [9.17, 15) is 0 Å². The van der Waals surface area contributed by atoms with Crippen LogP contribution in [0.3, 0.4) is 0 Å². The van der Waals surface area contributed by atoms with Gasteiger partial charge < -0.3 is 4.74 Å². The Kier molecular flexibility index (Phi) is 3.52. The van der Waals surface area contributed by atoms with Crippen molar-refractivity contribution in [3.05, 3.63) is 53.7 Å². The fourth-order valence-electron chi connectivity index (χ4n) is 1.79. The predicted octanol–water partition coefficient (Wildman–Crippen LogP) is 4.04. The minimum atomic E-state index is 0.00316. The van der Waals surface area contributed by atoms with E-state index < -0.39 is 0 Å². The largest absolute Gasteiger partial charge is 0.439 e. The summed E-state index contributed by atoms with van der Waals surface area (Å²) in [6.45, 7) is 6.42. The molecule has 3 heteroatoms. The highest BCUT2D eigenvalue weighted by Crippen LogP contribution is 2.33. The number of nitriles is 1. The molecular formula is C16H16N2O. The summed E-state index contributed by atoms with van der Waals surface area (Å²) in [6, 6.07) is 13.4. The van der Waals surface area contributed by atoms with Gasteiger partial charge in [0.2, 0.25) is 5.88 Å². The van der Waals surface area contributed by atoms with E-state index in [1.165, 1.54) is 6.20 Å². The van der Waals surface area contributed by atoms with Crippen molar-refractivity contribution in [2.45, 2.75) is 26.2 Å². The van der Waals surface area contributed by atoms with Gasteiger partial charge >= 0.3 is 0 Å². The lowest BCUT2D eigenvalue weighted by Gasteiger charge is -2.22. The first-order chi connectivity index (χ1) is 9.00. The maximum Gasteiger partial charge on any atom is 0.219 e. The molecule has 0 aliphatic rings. The number of aromatic nitrogens is 1. The zero-order valence-electron chi connectivity index (χ0n) is 11.3. The van der Waals surface area contributed by atoms with Gasteiger partial charge in [0, 0.05) is 17.8 Å². The molecule has 1 heterocycles. The van der Waals surface area contributed by atoms with E-state index in [0.717, 1.165) is 11.3 Å². The molecule has 0 unspecified atom stereocenters. The number of ether oxygens (including phenoxy) is 1. The molecule has 19 heavy (non-hydrogen) atoms. The smallest absolute Gasteiger partial charge is 0.219 e. The molecule has 2 rings (SSSR count). The summed E-state index contributed by atoms with van der Waals surface area (Å²) in [5.41, 5.74) is 1.65. The molecule has 0 bridgehead atoms. The quantitative estimate of drug-likeness (QED) is 0.810. The third-order valence-electron chi connectivity index (χ3n) is 2.78. The molecule has 1 aromatic heterocycles. The molecule has 0 aliphatic carbocycles. The van der Waals surface area contributed by atoms with Crippen molar-refractivity contribution < 1.29 is 4.74 Å². The zero-order chi connectivity index (χ0) is 13.9. The minimum Gasteiger partial charge on any atom is -0.439 e. The van der Waals surface area contributed by atoms with Crippen molar-refractivity contribution in [1.82, 2.24) is 4.98 Å². The summed E-state index contributed by atoms with van der Waals surface area (Å²) in [4.78, 5) is 4.12. The van der Waals surface area contributed by atoms with E-state index in [2.05, 4.69) is 31.8 Å². The molecule has 0 amide bonds. The van der Waals surface area contributed by atoms with Crippen LogP contribution in [-0.2, 0) is 5.41 Å². The Morgan fingerprint density at radius 2 is 1.84 bits per heavy atom. The number of hydrogen-bond acceptors (Lipinski definition) is 3. The highest BCUT2D eigenvalue weighted by molar-refractivity contribution is 5.40. The van der Waals surface area contributed by atoms with Crippen LogP contribution in [0.1, 0.15) is 31.9 Å². The van der Waals surface area contributed by atoms with Crippen LogP contribution in [0.5, 0.6) is 11.6 Å². The van der Waals surface area contributed by atoms with Crippen LogP contribution in [-0.4, -0.2) is 4.98 Å². The van der Waals surface area contributed by atoms with Gasteiger partial charge in [-0.3, -0.25) is 0 Å². The van der Waals surface area contributed by atoms with E-state index in [0.29, 0.717) is 11.4 Å². The van der Waals surface area contributed by atoms with E-state index >= 15 is 0 Å². The summed E-state index contributed by atoms with van der Waals surface area (Å²) in [7, 11) is 0. The Morgan fingerprint density at radius 1 is 1.11 bits per heavy atom. The van der Waals surface area contributed by atoms with Crippen molar-refractivity contribution in [2.24, 2.45) is 0 Å². The summed E-state index contributed by atoms with van der Waals surface area (Å²) in [5, 5.41) is 8.74. The molecule has 0 aliphatic heterocycles. The fraction of sp³-hybridized carbons (Fsp3) is 0.250. The van der Waals surface area contributed by atoms with Crippen molar-refractivity contribution in [3.8, 4) is 17.7 Å². The van der Waals surface area contributed by atoms with Crippen LogP contribution in [0, 0.1) is 11.3 Å². The van der Waals surface area contributed by atoms with Gasteiger partial charge in [-0.05, 0) is 17.5 Å². The summed E-state index contributed by atoms with van der Waals surface area (Å²) in [5.74, 6) is 1.29. The Hall–Kier alpha value is -2.34. The first kappa shape index (κ1) is 13.1. The third kappa shape index (κ3) is 3.11. The highest BCUT2D eigenvalue weighted by Gasteiger charge is 2.18. The number of nitrogens with zero attached hydrogens (tertiary/aromatic N) is 2. The summed E-state index contributed by atoms with van der Waals surface area (Å²) >= 11 is 0. The average molecular weight is 252 g/mol. The molecule has 0 saturated heterocycles. The van der Waals surface area contributed by atoms with Crippen LogP contribution in [0.2, 0.25) is 0 Å². The van der Waals surface area contributed by atoms with Crippen LogP contribution in [0.15, 0.2) is 42.6 Å². The molecule has 0 fully saturated rings. The van der Waals surface area contributed by atoms with Crippen LogP contribution in [0.25, 0.3) is 0 Å². The fourth-order valence-corrected chi connectivity index (χ4v) is 1.79. The van der Waals surface area contributed by atoms with Crippen molar-refractivity contribution in [1.29, 1.82) is 5.26 Å². The normalized spacial score (nSPS) is 10.8. The molecule has 96 valence electrons. The number of hydrogen-bond donors (Lipinski definition) is 0. The van der Waals surface area contributed by atoms with E-state index in [1.807, 2.05) is 24.3 Å². The topological polar surface area (TPSA) is 45.9 Å². The lowest BCUT2D eigenvalue weighted by atomic mass is 9.86. The highest BCUT2D eigenvalue weighted by atomic mass is 16.5. The number of rotatable bonds is 2. The number of para-hydroxylation sites is 1. The molecule has 0 spiro atoms. The molecule has 0 atom stereocenters. The number of pyridine rings is 1. The summed E-state index contributed by atoms with van der Waals surface area (Å²) < 4.78 is 5.81. The second-order valence-electron chi connectivity index (χ2n) is 5.35. The Balaban J connectivity index is 2.31. The molecular weight excluding hydrogens is 236 g/mol. The van der Waals surface area contributed by atoms with Crippen LogP contribution in [0.4, 0.5) is 0 Å². The second kappa shape index (κ2) is 5.11. The zero-order valence-corrected chi connectivity index (χ0v) is 11.3.